The molecule has 0 saturated heterocycles. The third-order valence-electron chi connectivity index (χ3n) is 2.62. The molecule has 0 aliphatic carbocycles. The number of rotatable bonds is 4. The summed E-state index contributed by atoms with van der Waals surface area (Å²) in [6, 6.07) is 5.93. The van der Waals surface area contributed by atoms with Gasteiger partial charge in [-0.3, -0.25) is 4.79 Å². The molecule has 5 heteroatoms. The Labute approximate surface area is 113 Å². The number of hydrogen-bond acceptors (Lipinski definition) is 3. The van der Waals surface area contributed by atoms with Gasteiger partial charge in [0.2, 0.25) is 5.91 Å². The molecular formula is C14H20N4O. The Morgan fingerprint density at radius 1 is 1.37 bits per heavy atom. The average Bonchev–Trinajstić information content (AvgIpc) is 2.70. The van der Waals surface area contributed by atoms with E-state index in [9.17, 15) is 4.79 Å². The SMILES string of the molecule is CC(C)(C)NC(=O)CNCc1cnn2ccccc12. The third kappa shape index (κ3) is 3.79. The minimum absolute atomic E-state index is 0.00368. The normalized spacial score (nSPS) is 11.7. The van der Waals surface area contributed by atoms with E-state index < -0.39 is 0 Å². The van der Waals surface area contributed by atoms with Gasteiger partial charge in [0.25, 0.3) is 0 Å². The highest BCUT2D eigenvalue weighted by molar-refractivity contribution is 5.78. The summed E-state index contributed by atoms with van der Waals surface area (Å²) in [6.07, 6.45) is 3.73. The van der Waals surface area contributed by atoms with E-state index in [2.05, 4.69) is 15.7 Å². The standard InChI is InChI=1S/C14H20N4O/c1-14(2,3)17-13(19)10-15-8-11-9-16-18-7-5-4-6-12(11)18/h4-7,9,15H,8,10H2,1-3H3,(H,17,19). The molecule has 2 aromatic rings. The summed E-state index contributed by atoms with van der Waals surface area (Å²) in [4.78, 5) is 11.7. The monoisotopic (exact) mass is 260 g/mol. The minimum atomic E-state index is -0.191. The van der Waals surface area contributed by atoms with Crippen LogP contribution >= 0.6 is 0 Å². The van der Waals surface area contributed by atoms with Crippen molar-refractivity contribution < 1.29 is 4.79 Å². The van der Waals surface area contributed by atoms with Crippen LogP contribution in [-0.4, -0.2) is 27.6 Å². The average molecular weight is 260 g/mol. The molecule has 2 heterocycles. The van der Waals surface area contributed by atoms with E-state index in [-0.39, 0.29) is 11.4 Å². The van der Waals surface area contributed by atoms with Crippen LogP contribution in [0, 0.1) is 0 Å². The van der Waals surface area contributed by atoms with Crippen molar-refractivity contribution in [3.63, 3.8) is 0 Å². The van der Waals surface area contributed by atoms with Crippen LogP contribution in [-0.2, 0) is 11.3 Å². The summed E-state index contributed by atoms with van der Waals surface area (Å²) in [7, 11) is 0. The number of hydrogen-bond donors (Lipinski definition) is 2. The summed E-state index contributed by atoms with van der Waals surface area (Å²) in [5.41, 5.74) is 1.96. The number of carbonyl (C=O) groups excluding carboxylic acids is 1. The molecule has 0 bridgehead atoms. The van der Waals surface area contributed by atoms with Gasteiger partial charge in [-0.2, -0.15) is 5.10 Å². The van der Waals surface area contributed by atoms with Gasteiger partial charge in [0.15, 0.2) is 0 Å². The summed E-state index contributed by atoms with van der Waals surface area (Å²) < 4.78 is 1.83. The van der Waals surface area contributed by atoms with Gasteiger partial charge in [0.1, 0.15) is 0 Å². The summed E-state index contributed by atoms with van der Waals surface area (Å²) in [5, 5.41) is 10.3. The van der Waals surface area contributed by atoms with Crippen molar-refractivity contribution in [2.45, 2.75) is 32.9 Å². The van der Waals surface area contributed by atoms with Crippen molar-refractivity contribution in [2.24, 2.45) is 0 Å². The van der Waals surface area contributed by atoms with Gasteiger partial charge < -0.3 is 10.6 Å². The van der Waals surface area contributed by atoms with Crippen LogP contribution in [0.25, 0.3) is 5.52 Å². The zero-order valence-electron chi connectivity index (χ0n) is 11.6. The second kappa shape index (κ2) is 5.40. The first-order chi connectivity index (χ1) is 8.96. The maximum absolute atomic E-state index is 11.7. The molecule has 19 heavy (non-hydrogen) atoms. The van der Waals surface area contributed by atoms with Gasteiger partial charge in [-0.25, -0.2) is 4.52 Å². The predicted molar refractivity (Wildman–Crippen MR) is 74.8 cm³/mol. The Morgan fingerprint density at radius 3 is 2.89 bits per heavy atom. The second-order valence-corrected chi connectivity index (χ2v) is 5.60. The van der Waals surface area contributed by atoms with Crippen LogP contribution in [0.2, 0.25) is 0 Å². The Bertz CT molecular complexity index is 568. The number of amides is 1. The fourth-order valence-corrected chi connectivity index (χ4v) is 1.90. The third-order valence-corrected chi connectivity index (χ3v) is 2.62. The van der Waals surface area contributed by atoms with Gasteiger partial charge in [-0.15, -0.1) is 0 Å². The van der Waals surface area contributed by atoms with E-state index in [0.717, 1.165) is 11.1 Å². The van der Waals surface area contributed by atoms with E-state index in [1.54, 1.807) is 0 Å². The number of fused-ring (bicyclic) bond motifs is 1. The van der Waals surface area contributed by atoms with E-state index in [1.165, 1.54) is 0 Å². The molecular weight excluding hydrogens is 240 g/mol. The highest BCUT2D eigenvalue weighted by atomic mass is 16.2. The Morgan fingerprint density at radius 2 is 2.16 bits per heavy atom. The molecule has 2 rings (SSSR count). The first kappa shape index (κ1) is 13.5. The van der Waals surface area contributed by atoms with Crippen LogP contribution < -0.4 is 10.6 Å². The lowest BCUT2D eigenvalue weighted by atomic mass is 10.1. The Balaban J connectivity index is 1.88. The smallest absolute Gasteiger partial charge is 0.234 e. The molecule has 2 aromatic heterocycles. The summed E-state index contributed by atoms with van der Waals surface area (Å²) >= 11 is 0. The number of pyridine rings is 1. The van der Waals surface area contributed by atoms with Crippen LogP contribution in [0.5, 0.6) is 0 Å². The van der Waals surface area contributed by atoms with Crippen molar-refractivity contribution in [1.82, 2.24) is 20.2 Å². The fourth-order valence-electron chi connectivity index (χ4n) is 1.90. The molecule has 102 valence electrons. The largest absolute Gasteiger partial charge is 0.350 e. The van der Waals surface area contributed by atoms with E-state index in [1.807, 2.05) is 55.9 Å². The van der Waals surface area contributed by atoms with Crippen LogP contribution in [0.4, 0.5) is 0 Å². The van der Waals surface area contributed by atoms with Gasteiger partial charge in [0, 0.05) is 23.8 Å². The lowest BCUT2D eigenvalue weighted by Crippen LogP contribution is -2.44. The molecule has 0 fully saturated rings. The van der Waals surface area contributed by atoms with Crippen molar-refractivity contribution in [3.8, 4) is 0 Å². The van der Waals surface area contributed by atoms with Crippen molar-refractivity contribution in [1.29, 1.82) is 0 Å². The summed E-state index contributed by atoms with van der Waals surface area (Å²) in [6.45, 7) is 6.84. The van der Waals surface area contributed by atoms with Crippen molar-refractivity contribution in [2.75, 3.05) is 6.54 Å². The van der Waals surface area contributed by atoms with Gasteiger partial charge in [0.05, 0.1) is 18.3 Å². The molecule has 0 saturated carbocycles. The van der Waals surface area contributed by atoms with Crippen LogP contribution in [0.15, 0.2) is 30.6 Å². The molecule has 0 aliphatic rings. The minimum Gasteiger partial charge on any atom is -0.350 e. The van der Waals surface area contributed by atoms with Crippen molar-refractivity contribution in [3.05, 3.63) is 36.2 Å². The molecule has 0 aromatic carbocycles. The number of aromatic nitrogens is 2. The maximum atomic E-state index is 11.7. The molecule has 2 N–H and O–H groups in total. The zero-order valence-corrected chi connectivity index (χ0v) is 11.6. The molecule has 5 nitrogen and oxygen atoms in total. The van der Waals surface area contributed by atoms with Gasteiger partial charge in [-0.1, -0.05) is 6.07 Å². The number of nitrogens with zero attached hydrogens (tertiary/aromatic N) is 2. The molecule has 0 unspecified atom stereocenters. The fraction of sp³-hybridized carbons (Fsp3) is 0.429. The van der Waals surface area contributed by atoms with Crippen LogP contribution in [0.3, 0.4) is 0 Å². The highest BCUT2D eigenvalue weighted by Crippen LogP contribution is 2.09. The number of nitrogens with one attached hydrogen (secondary N) is 2. The maximum Gasteiger partial charge on any atom is 0.234 e. The molecule has 0 atom stereocenters. The van der Waals surface area contributed by atoms with Gasteiger partial charge >= 0.3 is 0 Å². The lowest BCUT2D eigenvalue weighted by molar-refractivity contribution is -0.121. The molecule has 0 radical (unpaired) electrons. The predicted octanol–water partition coefficient (Wildman–Crippen LogP) is 1.34. The lowest BCUT2D eigenvalue weighted by Gasteiger charge is -2.20. The van der Waals surface area contributed by atoms with E-state index in [0.29, 0.717) is 13.1 Å². The highest BCUT2D eigenvalue weighted by Gasteiger charge is 2.13. The van der Waals surface area contributed by atoms with E-state index >= 15 is 0 Å². The number of carbonyl (C=O) groups is 1. The Hall–Kier alpha value is -1.88. The zero-order chi connectivity index (χ0) is 13.9. The molecule has 0 aliphatic heterocycles. The second-order valence-electron chi connectivity index (χ2n) is 5.60. The van der Waals surface area contributed by atoms with Crippen LogP contribution in [0.1, 0.15) is 26.3 Å². The van der Waals surface area contributed by atoms with Gasteiger partial charge in [-0.05, 0) is 32.9 Å². The Kier molecular flexibility index (Phi) is 3.85. The first-order valence-electron chi connectivity index (χ1n) is 6.39. The van der Waals surface area contributed by atoms with E-state index in [4.69, 9.17) is 0 Å². The molecule has 1 amide bonds. The summed E-state index contributed by atoms with van der Waals surface area (Å²) in [5.74, 6) is 0.00368. The molecule has 0 spiro atoms. The van der Waals surface area contributed by atoms with Crippen molar-refractivity contribution >= 4 is 11.4 Å². The quantitative estimate of drug-likeness (QED) is 0.872. The first-order valence-corrected chi connectivity index (χ1v) is 6.39. The topological polar surface area (TPSA) is 58.4 Å².